The first-order chi connectivity index (χ1) is 9.10. The van der Waals surface area contributed by atoms with Crippen LogP contribution in [0.4, 0.5) is 11.5 Å². The Morgan fingerprint density at radius 1 is 1.37 bits per heavy atom. The summed E-state index contributed by atoms with van der Waals surface area (Å²) < 4.78 is 0.578. The molecule has 0 aromatic carbocycles. The zero-order valence-electron chi connectivity index (χ0n) is 9.59. The Kier molecular flexibility index (Phi) is 3.73. The molecule has 0 radical (unpaired) electrons. The lowest BCUT2D eigenvalue weighted by Gasteiger charge is -2.06. The quantitative estimate of drug-likeness (QED) is 0.880. The monoisotopic (exact) mass is 317 g/mol. The van der Waals surface area contributed by atoms with Crippen LogP contribution in [0.15, 0.2) is 35.1 Å². The highest BCUT2D eigenvalue weighted by atomic mass is 79.9. The average molecular weight is 318 g/mol. The number of carbonyl (C=O) groups excluding carboxylic acids is 1. The first-order valence-electron chi connectivity index (χ1n) is 5.18. The van der Waals surface area contributed by atoms with Crippen molar-refractivity contribution < 1.29 is 4.79 Å². The molecule has 0 unspecified atom stereocenters. The Hall–Kier alpha value is -2.46. The number of hydrogen-bond acceptors (Lipinski definition) is 5. The third-order valence-corrected chi connectivity index (χ3v) is 2.82. The van der Waals surface area contributed by atoms with E-state index < -0.39 is 5.91 Å². The molecule has 2 aromatic heterocycles. The number of amides is 1. The third kappa shape index (κ3) is 3.05. The predicted octanol–water partition coefficient (Wildman–Crippen LogP) is 1.95. The van der Waals surface area contributed by atoms with Gasteiger partial charge in [-0.25, -0.2) is 9.97 Å². The molecule has 0 bridgehead atoms. The lowest BCUT2D eigenvalue weighted by molar-refractivity contribution is 0.102. The van der Waals surface area contributed by atoms with Gasteiger partial charge in [0, 0.05) is 6.20 Å². The fraction of sp³-hybridized carbons (Fsp3) is 0. The van der Waals surface area contributed by atoms with E-state index in [0.717, 1.165) is 0 Å². The number of nitrogens with one attached hydrogen (secondary N) is 1. The highest BCUT2D eigenvalue weighted by Crippen LogP contribution is 2.22. The number of anilines is 2. The number of aromatic nitrogens is 2. The molecule has 2 heterocycles. The van der Waals surface area contributed by atoms with E-state index >= 15 is 0 Å². The molecule has 0 atom stereocenters. The zero-order chi connectivity index (χ0) is 13.8. The summed E-state index contributed by atoms with van der Waals surface area (Å²) in [5, 5.41) is 11.2. The number of halogens is 1. The van der Waals surface area contributed by atoms with Gasteiger partial charge in [0.05, 0.1) is 21.9 Å². The van der Waals surface area contributed by atoms with Crippen LogP contribution in [0.1, 0.15) is 16.1 Å². The maximum absolute atomic E-state index is 11.9. The Morgan fingerprint density at radius 3 is 2.74 bits per heavy atom. The van der Waals surface area contributed by atoms with E-state index in [-0.39, 0.29) is 5.69 Å². The van der Waals surface area contributed by atoms with Crippen LogP contribution in [0.25, 0.3) is 0 Å². The summed E-state index contributed by atoms with van der Waals surface area (Å²) in [6.45, 7) is 0. The van der Waals surface area contributed by atoms with Gasteiger partial charge in [-0.3, -0.25) is 4.79 Å². The fourth-order valence-electron chi connectivity index (χ4n) is 1.31. The minimum absolute atomic E-state index is 0.199. The lowest BCUT2D eigenvalue weighted by atomic mass is 10.2. The molecule has 0 aliphatic rings. The van der Waals surface area contributed by atoms with Crippen molar-refractivity contribution in [2.75, 3.05) is 11.1 Å². The minimum atomic E-state index is -0.414. The molecule has 2 rings (SSSR count). The van der Waals surface area contributed by atoms with Crippen molar-refractivity contribution in [3.05, 3.63) is 46.3 Å². The number of rotatable bonds is 2. The van der Waals surface area contributed by atoms with Gasteiger partial charge >= 0.3 is 0 Å². The molecule has 0 fully saturated rings. The molecule has 1 amide bonds. The fourth-order valence-corrected chi connectivity index (χ4v) is 1.78. The third-order valence-electron chi connectivity index (χ3n) is 2.22. The smallest absolute Gasteiger partial charge is 0.275 e. The van der Waals surface area contributed by atoms with E-state index in [9.17, 15) is 4.79 Å². The second-order valence-corrected chi connectivity index (χ2v) is 4.45. The van der Waals surface area contributed by atoms with Gasteiger partial charge in [-0.1, -0.05) is 0 Å². The van der Waals surface area contributed by atoms with Crippen LogP contribution in [-0.2, 0) is 0 Å². The summed E-state index contributed by atoms with van der Waals surface area (Å²) in [5.41, 5.74) is 6.63. The highest BCUT2D eigenvalue weighted by Gasteiger charge is 2.10. The minimum Gasteiger partial charge on any atom is -0.397 e. The molecule has 7 heteroatoms. The van der Waals surface area contributed by atoms with Crippen LogP contribution in [0.3, 0.4) is 0 Å². The van der Waals surface area contributed by atoms with E-state index in [0.29, 0.717) is 21.5 Å². The summed E-state index contributed by atoms with van der Waals surface area (Å²) in [5.74, 6) is -0.0622. The number of hydrogen-bond donors (Lipinski definition) is 2. The van der Waals surface area contributed by atoms with Crippen LogP contribution < -0.4 is 11.1 Å². The van der Waals surface area contributed by atoms with Crippen LogP contribution in [-0.4, -0.2) is 15.9 Å². The Morgan fingerprint density at radius 2 is 2.16 bits per heavy atom. The largest absolute Gasteiger partial charge is 0.397 e. The SMILES string of the molecule is N#Cc1ccc(C(=O)Nc2ncc(N)cc2Br)nc1. The van der Waals surface area contributed by atoms with Crippen molar-refractivity contribution in [3.8, 4) is 6.07 Å². The molecule has 19 heavy (non-hydrogen) atoms. The molecule has 94 valence electrons. The van der Waals surface area contributed by atoms with Gasteiger partial charge < -0.3 is 11.1 Å². The van der Waals surface area contributed by atoms with Gasteiger partial charge in [0.25, 0.3) is 5.91 Å². The summed E-state index contributed by atoms with van der Waals surface area (Å²) in [6, 6.07) is 6.56. The van der Waals surface area contributed by atoms with Crippen LogP contribution in [0, 0.1) is 11.3 Å². The summed E-state index contributed by atoms with van der Waals surface area (Å²) in [6.07, 6.45) is 2.77. The first-order valence-corrected chi connectivity index (χ1v) is 5.98. The number of carbonyl (C=O) groups is 1. The van der Waals surface area contributed by atoms with E-state index in [1.54, 1.807) is 6.07 Å². The van der Waals surface area contributed by atoms with Crippen molar-refractivity contribution in [1.82, 2.24) is 9.97 Å². The standard InChI is InChI=1S/C12H8BrN5O/c13-9-3-8(15)6-17-11(9)18-12(19)10-2-1-7(4-14)5-16-10/h1-3,5-6H,15H2,(H,17,18,19). The van der Waals surface area contributed by atoms with Crippen LogP contribution in [0.5, 0.6) is 0 Å². The Labute approximate surface area is 117 Å². The van der Waals surface area contributed by atoms with E-state index in [1.807, 2.05) is 6.07 Å². The molecular weight excluding hydrogens is 310 g/mol. The van der Waals surface area contributed by atoms with E-state index in [1.165, 1.54) is 24.5 Å². The molecule has 0 saturated carbocycles. The second kappa shape index (κ2) is 5.46. The molecule has 0 spiro atoms. The predicted molar refractivity (Wildman–Crippen MR) is 73.3 cm³/mol. The van der Waals surface area contributed by atoms with Gasteiger partial charge in [0.2, 0.25) is 0 Å². The van der Waals surface area contributed by atoms with Crippen molar-refractivity contribution in [1.29, 1.82) is 5.26 Å². The molecule has 0 aliphatic carbocycles. The Balaban J connectivity index is 2.18. The highest BCUT2D eigenvalue weighted by molar-refractivity contribution is 9.10. The van der Waals surface area contributed by atoms with Gasteiger partial charge in [-0.2, -0.15) is 5.26 Å². The van der Waals surface area contributed by atoms with Crippen LogP contribution in [0.2, 0.25) is 0 Å². The normalized spacial score (nSPS) is 9.68. The molecule has 0 aliphatic heterocycles. The van der Waals surface area contributed by atoms with Gasteiger partial charge in [-0.05, 0) is 34.1 Å². The van der Waals surface area contributed by atoms with Gasteiger partial charge in [-0.15, -0.1) is 0 Å². The van der Waals surface area contributed by atoms with Crippen molar-refractivity contribution >= 4 is 33.3 Å². The van der Waals surface area contributed by atoms with E-state index in [4.69, 9.17) is 11.0 Å². The number of nitrogen functional groups attached to an aromatic ring is 1. The number of nitrogens with zero attached hydrogens (tertiary/aromatic N) is 3. The average Bonchev–Trinajstić information content (AvgIpc) is 2.42. The molecule has 2 aromatic rings. The Bertz CT molecular complexity index is 663. The van der Waals surface area contributed by atoms with Crippen molar-refractivity contribution in [2.24, 2.45) is 0 Å². The summed E-state index contributed by atoms with van der Waals surface area (Å²) in [7, 11) is 0. The molecular formula is C12H8BrN5O. The molecule has 6 nitrogen and oxygen atoms in total. The summed E-state index contributed by atoms with van der Waals surface area (Å²) >= 11 is 3.25. The lowest BCUT2D eigenvalue weighted by Crippen LogP contribution is -2.15. The maximum atomic E-state index is 11.9. The summed E-state index contributed by atoms with van der Waals surface area (Å²) in [4.78, 5) is 19.8. The number of nitriles is 1. The molecule has 0 saturated heterocycles. The topological polar surface area (TPSA) is 105 Å². The first kappa shape index (κ1) is 13.0. The number of nitrogens with two attached hydrogens (primary N) is 1. The second-order valence-electron chi connectivity index (χ2n) is 3.60. The van der Waals surface area contributed by atoms with E-state index in [2.05, 4.69) is 31.2 Å². The maximum Gasteiger partial charge on any atom is 0.275 e. The van der Waals surface area contributed by atoms with Crippen LogP contribution >= 0.6 is 15.9 Å². The van der Waals surface area contributed by atoms with Crippen molar-refractivity contribution in [3.63, 3.8) is 0 Å². The van der Waals surface area contributed by atoms with Gasteiger partial charge in [0.15, 0.2) is 0 Å². The van der Waals surface area contributed by atoms with Crippen molar-refractivity contribution in [2.45, 2.75) is 0 Å². The molecule has 3 N–H and O–H groups in total. The zero-order valence-corrected chi connectivity index (χ0v) is 11.2. The van der Waals surface area contributed by atoms with Gasteiger partial charge in [0.1, 0.15) is 17.6 Å². The number of pyridine rings is 2.